The zero-order chi connectivity index (χ0) is 20.7. The van der Waals surface area contributed by atoms with Crippen LogP contribution in [0.2, 0.25) is 5.02 Å². The summed E-state index contributed by atoms with van der Waals surface area (Å²) >= 11 is 5.97. The van der Waals surface area contributed by atoms with Gasteiger partial charge < -0.3 is 10.6 Å². The zero-order valence-electron chi connectivity index (χ0n) is 16.1. The Morgan fingerprint density at radius 1 is 1.28 bits per heavy atom. The van der Waals surface area contributed by atoms with Gasteiger partial charge >= 0.3 is 0 Å². The molecule has 1 atom stereocenters. The first-order valence-corrected chi connectivity index (χ1v) is 9.62. The Hall–Kier alpha value is -3.19. The number of nitrogen functional groups attached to an aromatic ring is 1. The summed E-state index contributed by atoms with van der Waals surface area (Å²) < 4.78 is 1.69. The van der Waals surface area contributed by atoms with Gasteiger partial charge in [-0.3, -0.25) is 14.3 Å². The van der Waals surface area contributed by atoms with E-state index in [9.17, 15) is 9.59 Å². The smallest absolute Gasteiger partial charge is 0.276 e. The number of fused-ring (bicyclic) bond motifs is 1. The molecule has 1 aromatic carbocycles. The van der Waals surface area contributed by atoms with Crippen molar-refractivity contribution in [2.24, 2.45) is 0 Å². The molecule has 29 heavy (non-hydrogen) atoms. The molecule has 8 heteroatoms. The topological polar surface area (TPSA) is 94.1 Å². The molecule has 0 fully saturated rings. The van der Waals surface area contributed by atoms with Crippen molar-refractivity contribution < 1.29 is 9.59 Å². The van der Waals surface area contributed by atoms with Gasteiger partial charge in [0.05, 0.1) is 17.8 Å². The highest BCUT2D eigenvalue weighted by atomic mass is 35.5. The number of nitrogens with two attached hydrogens (primary N) is 1. The second-order valence-electron chi connectivity index (χ2n) is 7.25. The number of ketones is 1. The number of carbonyl (C=O) groups excluding carboxylic acids is 2. The van der Waals surface area contributed by atoms with Gasteiger partial charge in [-0.2, -0.15) is 5.10 Å². The maximum atomic E-state index is 13.3. The van der Waals surface area contributed by atoms with Gasteiger partial charge in [-0.25, -0.2) is 4.98 Å². The zero-order valence-corrected chi connectivity index (χ0v) is 16.8. The van der Waals surface area contributed by atoms with E-state index in [2.05, 4.69) is 10.1 Å². The van der Waals surface area contributed by atoms with Crippen LogP contribution in [0.4, 0.5) is 11.5 Å². The molecule has 2 aromatic heterocycles. The number of halogens is 1. The number of carbonyl (C=O) groups is 2. The average molecular weight is 410 g/mol. The Morgan fingerprint density at radius 2 is 2.00 bits per heavy atom. The number of pyridine rings is 1. The van der Waals surface area contributed by atoms with Crippen LogP contribution < -0.4 is 10.6 Å². The quantitative estimate of drug-likeness (QED) is 0.666. The van der Waals surface area contributed by atoms with Crippen LogP contribution in [0, 0.1) is 6.92 Å². The maximum Gasteiger partial charge on any atom is 0.276 e. The number of aromatic nitrogens is 3. The summed E-state index contributed by atoms with van der Waals surface area (Å²) in [6.07, 6.45) is 3.23. The van der Waals surface area contributed by atoms with Crippen molar-refractivity contribution >= 4 is 34.8 Å². The fourth-order valence-corrected chi connectivity index (χ4v) is 3.69. The second kappa shape index (κ2) is 7.33. The molecule has 0 radical (unpaired) electrons. The van der Waals surface area contributed by atoms with Crippen LogP contribution in [-0.4, -0.2) is 33.0 Å². The second-order valence-corrected chi connectivity index (χ2v) is 7.69. The van der Waals surface area contributed by atoms with Crippen LogP contribution in [-0.2, 0) is 6.42 Å². The van der Waals surface area contributed by atoms with Gasteiger partial charge in [0.1, 0.15) is 11.5 Å². The standard InChI is InChI=1S/C21H20ClN5O2/c1-12-7-17(20(23)24-9-12)18(28)8-14-10-25-27-13(2)11-26(21(29)19(14)27)16-5-3-15(22)4-6-16/h3-7,9-10,13H,8,11H2,1-2H3,(H2,23,24)/t13-/m0/s1. The molecular weight excluding hydrogens is 390 g/mol. The minimum atomic E-state index is -0.196. The summed E-state index contributed by atoms with van der Waals surface area (Å²) in [6, 6.07) is 8.79. The van der Waals surface area contributed by atoms with Crippen molar-refractivity contribution in [3.63, 3.8) is 0 Å². The van der Waals surface area contributed by atoms with Gasteiger partial charge in [0, 0.05) is 35.4 Å². The molecule has 1 aliphatic rings. The van der Waals surface area contributed by atoms with Crippen LogP contribution in [0.25, 0.3) is 0 Å². The van der Waals surface area contributed by atoms with Crippen LogP contribution in [0.3, 0.4) is 0 Å². The van der Waals surface area contributed by atoms with Gasteiger partial charge in [-0.15, -0.1) is 0 Å². The molecule has 3 aromatic rings. The van der Waals surface area contributed by atoms with Crippen molar-refractivity contribution in [2.45, 2.75) is 26.3 Å². The first-order chi connectivity index (χ1) is 13.8. The Balaban J connectivity index is 1.67. The molecule has 0 aliphatic carbocycles. The van der Waals surface area contributed by atoms with E-state index >= 15 is 0 Å². The molecule has 0 saturated heterocycles. The molecule has 1 aliphatic heterocycles. The number of anilines is 2. The van der Waals surface area contributed by atoms with E-state index in [0.29, 0.717) is 28.4 Å². The van der Waals surface area contributed by atoms with Gasteiger partial charge in [-0.1, -0.05) is 11.6 Å². The van der Waals surface area contributed by atoms with Crippen molar-refractivity contribution in [3.05, 3.63) is 70.1 Å². The molecule has 3 heterocycles. The SMILES string of the molecule is Cc1cnc(N)c(C(=O)Cc2cnn3c2C(=O)N(c2ccc(Cl)cc2)C[C@@H]3C)c1. The lowest BCUT2D eigenvalue weighted by atomic mass is 10.0. The van der Waals surface area contributed by atoms with Crippen LogP contribution in [0.1, 0.15) is 44.9 Å². The number of benzene rings is 1. The Kier molecular flexibility index (Phi) is 4.84. The highest BCUT2D eigenvalue weighted by molar-refractivity contribution is 6.30. The fourth-order valence-electron chi connectivity index (χ4n) is 3.56. The molecule has 4 rings (SSSR count). The number of hydrogen-bond acceptors (Lipinski definition) is 5. The number of rotatable bonds is 4. The summed E-state index contributed by atoms with van der Waals surface area (Å²) in [4.78, 5) is 31.8. The normalized spacial score (nSPS) is 16.0. The van der Waals surface area contributed by atoms with Crippen molar-refractivity contribution in [3.8, 4) is 0 Å². The molecule has 0 bridgehead atoms. The van der Waals surface area contributed by atoms with Crippen molar-refractivity contribution in [1.29, 1.82) is 0 Å². The molecule has 0 unspecified atom stereocenters. The van der Waals surface area contributed by atoms with E-state index < -0.39 is 0 Å². The van der Waals surface area contributed by atoms with Crippen LogP contribution in [0.15, 0.2) is 42.7 Å². The van der Waals surface area contributed by atoms with E-state index in [4.69, 9.17) is 17.3 Å². The highest BCUT2D eigenvalue weighted by Crippen LogP contribution is 2.29. The lowest BCUT2D eigenvalue weighted by molar-refractivity contribution is 0.0951. The molecule has 2 N–H and O–H groups in total. The molecule has 0 spiro atoms. The lowest BCUT2D eigenvalue weighted by Gasteiger charge is -2.32. The highest BCUT2D eigenvalue weighted by Gasteiger charge is 2.34. The third kappa shape index (κ3) is 3.49. The molecular formula is C21H20ClN5O2. The third-order valence-electron chi connectivity index (χ3n) is 5.03. The monoisotopic (exact) mass is 409 g/mol. The van der Waals surface area contributed by atoms with Gasteiger partial charge in [0.15, 0.2) is 5.78 Å². The summed E-state index contributed by atoms with van der Waals surface area (Å²) in [5.74, 6) is -0.205. The van der Waals surface area contributed by atoms with E-state index in [-0.39, 0.29) is 30.0 Å². The van der Waals surface area contributed by atoms with E-state index in [1.165, 1.54) is 0 Å². The summed E-state index contributed by atoms with van der Waals surface area (Å²) in [7, 11) is 0. The Bertz CT molecular complexity index is 1110. The number of amides is 1. The van der Waals surface area contributed by atoms with Gasteiger partial charge in [-0.05, 0) is 49.7 Å². The molecule has 1 amide bonds. The first kappa shape index (κ1) is 19.1. The van der Waals surface area contributed by atoms with Gasteiger partial charge in [0.25, 0.3) is 5.91 Å². The average Bonchev–Trinajstić information content (AvgIpc) is 3.12. The number of aryl methyl sites for hydroxylation is 1. The number of nitrogens with zero attached hydrogens (tertiary/aromatic N) is 4. The predicted octanol–water partition coefficient (Wildman–Crippen LogP) is 3.47. The fraction of sp³-hybridized carbons (Fsp3) is 0.238. The van der Waals surface area contributed by atoms with Crippen LogP contribution >= 0.6 is 11.6 Å². The summed E-state index contributed by atoms with van der Waals surface area (Å²) in [6.45, 7) is 4.32. The minimum absolute atomic E-state index is 0.0254. The number of Topliss-reactive ketones (excluding diaryl/α,β-unsaturated/α-hetero) is 1. The minimum Gasteiger partial charge on any atom is -0.383 e. The Morgan fingerprint density at radius 3 is 2.72 bits per heavy atom. The Labute approximate surface area is 173 Å². The third-order valence-corrected chi connectivity index (χ3v) is 5.28. The van der Waals surface area contributed by atoms with E-state index in [1.807, 2.05) is 26.0 Å². The largest absolute Gasteiger partial charge is 0.383 e. The van der Waals surface area contributed by atoms with E-state index in [0.717, 1.165) is 11.3 Å². The predicted molar refractivity (Wildman–Crippen MR) is 111 cm³/mol. The lowest BCUT2D eigenvalue weighted by Crippen LogP contribution is -2.43. The van der Waals surface area contributed by atoms with Crippen LogP contribution in [0.5, 0.6) is 0 Å². The first-order valence-electron chi connectivity index (χ1n) is 9.24. The maximum absolute atomic E-state index is 13.3. The molecule has 7 nitrogen and oxygen atoms in total. The van der Waals surface area contributed by atoms with Crippen molar-refractivity contribution in [2.75, 3.05) is 17.2 Å². The number of hydrogen-bond donors (Lipinski definition) is 1. The van der Waals surface area contributed by atoms with E-state index in [1.54, 1.807) is 40.2 Å². The van der Waals surface area contributed by atoms with Gasteiger partial charge in [0.2, 0.25) is 0 Å². The molecule has 0 saturated carbocycles. The molecule has 148 valence electrons. The summed E-state index contributed by atoms with van der Waals surface area (Å²) in [5, 5.41) is 4.97. The summed E-state index contributed by atoms with van der Waals surface area (Å²) in [5.41, 5.74) is 8.83. The van der Waals surface area contributed by atoms with Crippen molar-refractivity contribution in [1.82, 2.24) is 14.8 Å².